The molecule has 4 nitrogen and oxygen atoms in total. The number of rotatable bonds is 8. The first-order chi connectivity index (χ1) is 41.2. The molecule has 0 radical (unpaired) electrons. The van der Waals surface area contributed by atoms with Crippen LogP contribution in [-0.4, -0.2) is 15.8 Å². The molecule has 0 saturated heterocycles. The Morgan fingerprint density at radius 2 is 0.711 bits per heavy atom. The molecule has 5 heteroatoms. The molecule has 0 unspecified atom stereocenters. The summed E-state index contributed by atoms with van der Waals surface area (Å²) in [5, 5.41) is 4.89. The van der Waals surface area contributed by atoms with Crippen molar-refractivity contribution in [3.63, 3.8) is 0 Å². The monoisotopic (exact) mass is 1050 g/mol. The molecule has 0 spiro atoms. The van der Waals surface area contributed by atoms with Crippen LogP contribution in [0.5, 0.6) is 0 Å². The van der Waals surface area contributed by atoms with Gasteiger partial charge < -0.3 is 18.9 Å². The van der Waals surface area contributed by atoms with E-state index in [2.05, 4.69) is 328 Å². The topological polar surface area (TPSA) is 16.3 Å². The second-order valence-electron chi connectivity index (χ2n) is 21.9. The maximum atomic E-state index is 2.60. The molecule has 0 saturated carbocycles. The van der Waals surface area contributed by atoms with Gasteiger partial charge in [-0.15, -0.1) is 0 Å². The van der Waals surface area contributed by atoms with E-state index in [9.17, 15) is 0 Å². The van der Waals surface area contributed by atoms with Crippen LogP contribution >= 0.6 is 0 Å². The summed E-state index contributed by atoms with van der Waals surface area (Å²) in [6.07, 6.45) is 0. The molecule has 0 aliphatic carbocycles. The van der Waals surface area contributed by atoms with Crippen LogP contribution in [-0.2, 0) is 0 Å². The molecule has 2 aliphatic heterocycles. The molecule has 0 N–H and O–H groups in total. The number of hydrogen-bond acceptors (Lipinski definition) is 2. The number of nitrogens with zero attached hydrogens (tertiary/aromatic N) is 4. The molecule has 15 aromatic rings. The summed E-state index contributed by atoms with van der Waals surface area (Å²) < 4.78 is 5.02. The summed E-state index contributed by atoms with van der Waals surface area (Å²) in [6, 6.07) is 114. The van der Waals surface area contributed by atoms with Gasteiger partial charge >= 0.3 is 0 Å². The number of hydrogen-bond donors (Lipinski definition) is 0. The fraction of sp³-hybridized carbons (Fsp3) is 0. The van der Waals surface area contributed by atoms with Crippen LogP contribution in [0.3, 0.4) is 0 Å². The molecular weight excluding hydrogens is 1000 g/mol. The number of aromatic nitrogens is 2. The molecule has 83 heavy (non-hydrogen) atoms. The molecule has 2 aliphatic rings. The van der Waals surface area contributed by atoms with E-state index in [-0.39, 0.29) is 6.71 Å². The van der Waals surface area contributed by atoms with Gasteiger partial charge in [-0.1, -0.05) is 237 Å². The first-order valence-electron chi connectivity index (χ1n) is 28.7. The van der Waals surface area contributed by atoms with Crippen LogP contribution in [0, 0.1) is 0 Å². The number of benzene rings is 13. The van der Waals surface area contributed by atoms with E-state index in [1.165, 1.54) is 99.2 Å². The molecule has 13 aromatic carbocycles. The largest absolute Gasteiger partial charge is 0.311 e. The zero-order valence-electron chi connectivity index (χ0n) is 45.3. The highest BCUT2D eigenvalue weighted by molar-refractivity contribution is 7.00. The number of anilines is 6. The van der Waals surface area contributed by atoms with Crippen molar-refractivity contribution in [2.45, 2.75) is 0 Å². The minimum Gasteiger partial charge on any atom is -0.311 e. The first-order valence-corrected chi connectivity index (χ1v) is 28.7. The van der Waals surface area contributed by atoms with E-state index in [1.807, 2.05) is 0 Å². The maximum absolute atomic E-state index is 2.60. The molecule has 0 bridgehead atoms. The van der Waals surface area contributed by atoms with Gasteiger partial charge in [0.15, 0.2) is 0 Å². The van der Waals surface area contributed by atoms with Crippen molar-refractivity contribution >= 4 is 101 Å². The average molecular weight is 1060 g/mol. The SMILES string of the molecule is c1ccc(-c2ccc(N3c4cc(-n5c6ccccc6c6ccccc65)ccc4B4c5ccc6c(c5N(c5cccc(-c7ccccc7)c5)c5cccc3c54)c3ccccc3n6-c3c(-c4ccccc4)cccc3-c3ccccc3)cc2)cc1. The summed E-state index contributed by atoms with van der Waals surface area (Å²) in [4.78, 5) is 5.14. The summed E-state index contributed by atoms with van der Waals surface area (Å²) in [6.45, 7) is -0.130. The fourth-order valence-electron chi connectivity index (χ4n) is 14.0. The molecule has 0 fully saturated rings. The third-order valence-electron chi connectivity index (χ3n) is 17.5. The van der Waals surface area contributed by atoms with Crippen LogP contribution < -0.4 is 26.2 Å². The lowest BCUT2D eigenvalue weighted by atomic mass is 9.33. The highest BCUT2D eigenvalue weighted by Crippen LogP contribution is 2.50. The van der Waals surface area contributed by atoms with Gasteiger partial charge in [-0.25, -0.2) is 0 Å². The van der Waals surface area contributed by atoms with E-state index >= 15 is 0 Å². The van der Waals surface area contributed by atoms with Crippen molar-refractivity contribution in [1.82, 2.24) is 9.13 Å². The second-order valence-corrected chi connectivity index (χ2v) is 21.9. The lowest BCUT2D eigenvalue weighted by molar-refractivity contribution is 1.17. The van der Waals surface area contributed by atoms with Crippen LogP contribution in [0.4, 0.5) is 34.1 Å². The standard InChI is InChI=1S/C78H51BN4/c1-5-22-52(23-6-1)54-42-44-58(45-43-54)80-72-40-21-41-73-76(72)79(66-47-46-60(51-74(66)80)81-68-37-16-13-32-63(68)64-33-14-17-38-69(64)81)67-48-49-71-75(78(67)82(73)59-31-19-30-57(50-59)53-24-7-2-8-25-53)65-34-15-18-39-70(65)83(71)77-61(55-26-9-3-10-27-55)35-20-36-62(77)56-28-11-4-12-29-56/h1-51H. The molecule has 0 atom stereocenters. The smallest absolute Gasteiger partial charge is 0.252 e. The van der Waals surface area contributed by atoms with Crippen LogP contribution in [0.15, 0.2) is 309 Å². The second kappa shape index (κ2) is 18.9. The normalized spacial score (nSPS) is 12.5. The average Bonchev–Trinajstić information content (AvgIpc) is 1.89. The molecule has 2 aromatic heterocycles. The van der Waals surface area contributed by atoms with Gasteiger partial charge in [0.1, 0.15) is 0 Å². The zero-order valence-corrected chi connectivity index (χ0v) is 45.3. The summed E-state index contributed by atoms with van der Waals surface area (Å²) >= 11 is 0. The molecule has 0 amide bonds. The van der Waals surface area contributed by atoms with E-state index < -0.39 is 0 Å². The van der Waals surface area contributed by atoms with E-state index in [4.69, 9.17) is 0 Å². The Morgan fingerprint density at radius 1 is 0.241 bits per heavy atom. The fourth-order valence-corrected chi connectivity index (χ4v) is 14.0. The van der Waals surface area contributed by atoms with Crippen molar-refractivity contribution < 1.29 is 0 Å². The first kappa shape index (κ1) is 47.0. The minimum atomic E-state index is -0.130. The third kappa shape index (κ3) is 7.28. The van der Waals surface area contributed by atoms with E-state index in [1.54, 1.807) is 0 Å². The van der Waals surface area contributed by atoms with Gasteiger partial charge in [-0.2, -0.15) is 0 Å². The zero-order chi connectivity index (χ0) is 54.5. The quantitative estimate of drug-likeness (QED) is 0.141. The van der Waals surface area contributed by atoms with Crippen molar-refractivity contribution in [2.75, 3.05) is 9.80 Å². The highest BCUT2D eigenvalue weighted by Gasteiger charge is 2.45. The lowest BCUT2D eigenvalue weighted by Gasteiger charge is -2.44. The van der Waals surface area contributed by atoms with Gasteiger partial charge in [-0.3, -0.25) is 0 Å². The summed E-state index contributed by atoms with van der Waals surface area (Å²) in [5.74, 6) is 0. The summed E-state index contributed by atoms with van der Waals surface area (Å²) in [7, 11) is 0. The lowest BCUT2D eigenvalue weighted by Crippen LogP contribution is -2.61. The highest BCUT2D eigenvalue weighted by atomic mass is 15.2. The van der Waals surface area contributed by atoms with Crippen LogP contribution in [0.25, 0.3) is 99.5 Å². The Hall–Kier alpha value is -10.9. The molecular formula is C78H51BN4. The van der Waals surface area contributed by atoms with Gasteiger partial charge in [0.05, 0.1) is 33.4 Å². The Bertz CT molecular complexity index is 4920. The van der Waals surface area contributed by atoms with Crippen LogP contribution in [0.2, 0.25) is 0 Å². The Labute approximate surface area is 482 Å². The van der Waals surface area contributed by atoms with Gasteiger partial charge in [0.25, 0.3) is 6.71 Å². The summed E-state index contributed by atoms with van der Waals surface area (Å²) in [5.41, 5.74) is 27.0. The molecule has 17 rings (SSSR count). The van der Waals surface area contributed by atoms with Crippen molar-refractivity contribution in [3.05, 3.63) is 309 Å². The van der Waals surface area contributed by atoms with Crippen LogP contribution in [0.1, 0.15) is 0 Å². The Balaban J connectivity index is 0.977. The predicted molar refractivity (Wildman–Crippen MR) is 351 cm³/mol. The molecule has 386 valence electrons. The molecule has 4 heterocycles. The minimum absolute atomic E-state index is 0.130. The van der Waals surface area contributed by atoms with E-state index in [0.29, 0.717) is 0 Å². The maximum Gasteiger partial charge on any atom is 0.252 e. The number of fused-ring (bicyclic) bond motifs is 11. The van der Waals surface area contributed by atoms with Gasteiger partial charge in [-0.05, 0) is 123 Å². The predicted octanol–water partition coefficient (Wildman–Crippen LogP) is 18.6. The van der Waals surface area contributed by atoms with Crippen molar-refractivity contribution in [3.8, 4) is 55.9 Å². The van der Waals surface area contributed by atoms with Gasteiger partial charge in [0, 0.05) is 66.8 Å². The Morgan fingerprint density at radius 3 is 1.34 bits per heavy atom. The number of para-hydroxylation sites is 4. The van der Waals surface area contributed by atoms with Gasteiger partial charge in [0.2, 0.25) is 0 Å². The Kier molecular flexibility index (Phi) is 10.7. The third-order valence-corrected chi connectivity index (χ3v) is 17.5. The van der Waals surface area contributed by atoms with E-state index in [0.717, 1.165) is 50.8 Å². The van der Waals surface area contributed by atoms with Crippen molar-refractivity contribution in [1.29, 1.82) is 0 Å². The van der Waals surface area contributed by atoms with Crippen molar-refractivity contribution in [2.24, 2.45) is 0 Å².